The van der Waals surface area contributed by atoms with Gasteiger partial charge in [-0.2, -0.15) is 0 Å². The van der Waals surface area contributed by atoms with Gasteiger partial charge in [0, 0.05) is 18.0 Å². The lowest BCUT2D eigenvalue weighted by Crippen LogP contribution is -2.31. The van der Waals surface area contributed by atoms with Crippen molar-refractivity contribution < 1.29 is 13.4 Å². The highest BCUT2D eigenvalue weighted by atomic mass is 32.2. The Labute approximate surface area is 146 Å². The van der Waals surface area contributed by atoms with Gasteiger partial charge in [0.1, 0.15) is 5.76 Å². The molecular formula is C19H25NO3S. The second-order valence-electron chi connectivity index (χ2n) is 5.76. The van der Waals surface area contributed by atoms with E-state index >= 15 is 0 Å². The minimum absolute atomic E-state index is 0.0983. The average molecular weight is 347 g/mol. The smallest absolute Gasteiger partial charge is 0.289 e. The molecule has 0 spiro atoms. The molecule has 0 unspecified atom stereocenters. The number of nitrogens with zero attached hydrogens (tertiary/aromatic N) is 1. The minimum Gasteiger partial charge on any atom is -0.455 e. The van der Waals surface area contributed by atoms with Crippen molar-refractivity contribution in [2.45, 2.75) is 44.3 Å². The van der Waals surface area contributed by atoms with Gasteiger partial charge in [0.25, 0.3) is 5.91 Å². The molecule has 0 saturated carbocycles. The number of amides is 1. The number of hydrogen-bond donors (Lipinski definition) is 0. The normalized spacial score (nSPS) is 12.1. The summed E-state index contributed by atoms with van der Waals surface area (Å²) in [7, 11) is -1.18. The molecule has 2 rings (SSSR count). The van der Waals surface area contributed by atoms with Gasteiger partial charge in [-0.05, 0) is 44.0 Å². The molecule has 1 aromatic carbocycles. The van der Waals surface area contributed by atoms with Crippen LogP contribution in [-0.4, -0.2) is 28.1 Å². The fourth-order valence-electron chi connectivity index (χ4n) is 2.50. The molecule has 0 aliphatic rings. The summed E-state index contributed by atoms with van der Waals surface area (Å²) in [6.07, 6.45) is 2.02. The van der Waals surface area contributed by atoms with Crippen LogP contribution < -0.4 is 0 Å². The highest BCUT2D eigenvalue weighted by Gasteiger charge is 2.18. The van der Waals surface area contributed by atoms with Crippen LogP contribution in [0.2, 0.25) is 0 Å². The molecule has 0 saturated heterocycles. The number of aryl methyl sites for hydroxylation is 1. The average Bonchev–Trinajstić information content (AvgIpc) is 3.04. The van der Waals surface area contributed by atoms with Crippen molar-refractivity contribution in [1.82, 2.24) is 4.90 Å². The van der Waals surface area contributed by atoms with E-state index in [9.17, 15) is 9.00 Å². The van der Waals surface area contributed by atoms with Crippen molar-refractivity contribution in [2.24, 2.45) is 0 Å². The van der Waals surface area contributed by atoms with Gasteiger partial charge >= 0.3 is 0 Å². The number of carbonyl (C=O) groups excluding carboxylic acids is 1. The number of furan rings is 1. The first-order valence-electron chi connectivity index (χ1n) is 8.38. The van der Waals surface area contributed by atoms with Crippen molar-refractivity contribution >= 4 is 16.7 Å². The van der Waals surface area contributed by atoms with Crippen LogP contribution in [0.15, 0.2) is 45.7 Å². The van der Waals surface area contributed by atoms with Crippen molar-refractivity contribution in [2.75, 3.05) is 13.1 Å². The van der Waals surface area contributed by atoms with E-state index < -0.39 is 10.8 Å². The van der Waals surface area contributed by atoms with Gasteiger partial charge in [-0.3, -0.25) is 9.00 Å². The minimum atomic E-state index is -1.18. The maximum Gasteiger partial charge on any atom is 0.289 e. The molecule has 0 bridgehead atoms. The molecule has 1 amide bonds. The third-order valence-electron chi connectivity index (χ3n) is 3.94. The predicted octanol–water partition coefficient (Wildman–Crippen LogP) is 4.16. The van der Waals surface area contributed by atoms with E-state index in [2.05, 4.69) is 6.92 Å². The van der Waals surface area contributed by atoms with E-state index in [1.165, 1.54) is 0 Å². The van der Waals surface area contributed by atoms with Crippen LogP contribution in [-0.2, 0) is 16.6 Å². The van der Waals surface area contributed by atoms with Gasteiger partial charge in [0.15, 0.2) is 5.76 Å². The summed E-state index contributed by atoms with van der Waals surface area (Å²) in [5.41, 5.74) is 0.996. The zero-order valence-corrected chi connectivity index (χ0v) is 15.4. The monoisotopic (exact) mass is 347 g/mol. The Morgan fingerprint density at radius 2 is 1.92 bits per heavy atom. The first kappa shape index (κ1) is 18.5. The van der Waals surface area contributed by atoms with Gasteiger partial charge < -0.3 is 9.32 Å². The van der Waals surface area contributed by atoms with E-state index in [4.69, 9.17) is 4.42 Å². The van der Waals surface area contributed by atoms with Gasteiger partial charge in [0.2, 0.25) is 0 Å². The molecule has 4 nitrogen and oxygen atoms in total. The molecule has 130 valence electrons. The Kier molecular flexibility index (Phi) is 6.79. The number of carbonyl (C=O) groups is 1. The summed E-state index contributed by atoms with van der Waals surface area (Å²) in [5.74, 6) is 1.08. The molecule has 0 N–H and O–H groups in total. The van der Waals surface area contributed by atoms with Crippen molar-refractivity contribution in [3.05, 3.63) is 53.5 Å². The van der Waals surface area contributed by atoms with Crippen molar-refractivity contribution in [1.29, 1.82) is 0 Å². The van der Waals surface area contributed by atoms with E-state index in [1.807, 2.05) is 38.1 Å². The molecule has 0 fully saturated rings. The van der Waals surface area contributed by atoms with E-state index in [-0.39, 0.29) is 11.7 Å². The SMILES string of the molecule is CCCCN(CC)C(=O)c1ccc(C[S@@](=O)c2ccccc2C)o1. The molecule has 5 heteroatoms. The first-order chi connectivity index (χ1) is 11.6. The highest BCUT2D eigenvalue weighted by Crippen LogP contribution is 2.18. The Balaban J connectivity index is 2.06. The summed E-state index contributed by atoms with van der Waals surface area (Å²) in [6, 6.07) is 11.0. The Morgan fingerprint density at radius 1 is 1.17 bits per heavy atom. The maximum absolute atomic E-state index is 12.5. The first-order valence-corrected chi connectivity index (χ1v) is 9.70. The molecular weight excluding hydrogens is 322 g/mol. The van der Waals surface area contributed by atoms with E-state index in [1.54, 1.807) is 17.0 Å². The lowest BCUT2D eigenvalue weighted by Gasteiger charge is -2.19. The molecule has 24 heavy (non-hydrogen) atoms. The number of benzene rings is 1. The van der Waals surface area contributed by atoms with Crippen LogP contribution in [0.3, 0.4) is 0 Å². The highest BCUT2D eigenvalue weighted by molar-refractivity contribution is 7.84. The Bertz CT molecular complexity index is 708. The van der Waals surface area contributed by atoms with Crippen LogP contribution in [0, 0.1) is 6.92 Å². The van der Waals surface area contributed by atoms with E-state index in [0.29, 0.717) is 18.1 Å². The zero-order chi connectivity index (χ0) is 17.5. The Hall–Kier alpha value is -1.88. The largest absolute Gasteiger partial charge is 0.455 e. The summed E-state index contributed by atoms with van der Waals surface area (Å²) in [4.78, 5) is 15.0. The molecule has 1 atom stereocenters. The molecule has 0 aliphatic carbocycles. The lowest BCUT2D eigenvalue weighted by atomic mass is 10.2. The third kappa shape index (κ3) is 4.57. The number of hydrogen-bond acceptors (Lipinski definition) is 3. The van der Waals surface area contributed by atoms with Crippen LogP contribution >= 0.6 is 0 Å². The molecule has 0 radical (unpaired) electrons. The van der Waals surface area contributed by atoms with Crippen LogP contribution in [0.25, 0.3) is 0 Å². The van der Waals surface area contributed by atoms with Crippen LogP contribution in [0.4, 0.5) is 0 Å². The standard InChI is InChI=1S/C19H25NO3S/c1-4-6-13-20(5-2)19(21)17-12-11-16(23-17)14-24(22)18-10-8-7-9-15(18)3/h7-12H,4-6,13-14H2,1-3H3/t24-/m1/s1. The second kappa shape index (κ2) is 8.83. The summed E-state index contributed by atoms with van der Waals surface area (Å²) < 4.78 is 18.2. The van der Waals surface area contributed by atoms with Crippen LogP contribution in [0.5, 0.6) is 0 Å². The predicted molar refractivity (Wildman–Crippen MR) is 96.5 cm³/mol. The van der Waals surface area contributed by atoms with Gasteiger partial charge in [-0.15, -0.1) is 0 Å². The van der Waals surface area contributed by atoms with E-state index in [0.717, 1.165) is 29.8 Å². The van der Waals surface area contributed by atoms with Crippen LogP contribution in [0.1, 0.15) is 48.6 Å². The molecule has 0 aliphatic heterocycles. The summed E-state index contributed by atoms with van der Waals surface area (Å²) >= 11 is 0. The fraction of sp³-hybridized carbons (Fsp3) is 0.421. The van der Waals surface area contributed by atoms with Gasteiger partial charge in [0.05, 0.1) is 16.6 Å². The summed E-state index contributed by atoms with van der Waals surface area (Å²) in [6.45, 7) is 7.40. The quantitative estimate of drug-likeness (QED) is 0.720. The lowest BCUT2D eigenvalue weighted by molar-refractivity contribution is 0.0729. The topological polar surface area (TPSA) is 50.5 Å². The molecule has 1 heterocycles. The molecule has 1 aromatic heterocycles. The van der Waals surface area contributed by atoms with Gasteiger partial charge in [-0.1, -0.05) is 31.5 Å². The molecule has 2 aromatic rings. The third-order valence-corrected chi connectivity index (χ3v) is 5.43. The number of unbranched alkanes of at least 4 members (excludes halogenated alkanes) is 1. The summed E-state index contributed by atoms with van der Waals surface area (Å²) in [5, 5.41) is 0. The zero-order valence-electron chi connectivity index (χ0n) is 14.6. The van der Waals surface area contributed by atoms with Gasteiger partial charge in [-0.25, -0.2) is 0 Å². The Morgan fingerprint density at radius 3 is 2.58 bits per heavy atom. The number of rotatable bonds is 8. The van der Waals surface area contributed by atoms with Crippen molar-refractivity contribution in [3.8, 4) is 0 Å². The second-order valence-corrected chi connectivity index (χ2v) is 7.18. The maximum atomic E-state index is 12.5. The van der Waals surface area contributed by atoms with Crippen molar-refractivity contribution in [3.63, 3.8) is 0 Å². The fourth-order valence-corrected chi connectivity index (χ4v) is 3.72.